The van der Waals surface area contributed by atoms with Gasteiger partial charge in [-0.05, 0) is 63.8 Å². The van der Waals surface area contributed by atoms with Crippen molar-refractivity contribution < 1.29 is 18.7 Å². The first-order valence-electron chi connectivity index (χ1n) is 15.8. The van der Waals surface area contributed by atoms with Crippen molar-refractivity contribution in [2.75, 3.05) is 49.5 Å². The second-order valence-corrected chi connectivity index (χ2v) is 12.1. The Morgan fingerprint density at radius 1 is 1.05 bits per heavy atom. The Morgan fingerprint density at radius 2 is 1.77 bits per heavy atom. The summed E-state index contributed by atoms with van der Waals surface area (Å²) in [6, 6.07) is 12.9. The topological polar surface area (TPSA) is 83.1 Å². The number of amides is 1. The number of nitrogens with zero attached hydrogens (tertiary/aromatic N) is 5. The molecular formula is C34H45FN6O3. The van der Waals surface area contributed by atoms with Gasteiger partial charge in [0.15, 0.2) is 11.6 Å². The van der Waals surface area contributed by atoms with Crippen LogP contribution >= 0.6 is 0 Å². The third-order valence-corrected chi connectivity index (χ3v) is 8.63. The van der Waals surface area contributed by atoms with Crippen molar-refractivity contribution in [1.82, 2.24) is 19.8 Å². The highest BCUT2D eigenvalue weighted by atomic mass is 19.1. The van der Waals surface area contributed by atoms with E-state index in [-0.39, 0.29) is 23.6 Å². The van der Waals surface area contributed by atoms with E-state index in [9.17, 15) is 9.18 Å². The largest absolute Gasteiger partial charge is 0.489 e. The van der Waals surface area contributed by atoms with Crippen LogP contribution < -0.4 is 19.7 Å². The molecule has 1 saturated heterocycles. The van der Waals surface area contributed by atoms with E-state index in [4.69, 9.17) is 9.47 Å². The zero-order chi connectivity index (χ0) is 31.1. The maximum absolute atomic E-state index is 14.9. The second kappa shape index (κ2) is 14.8. The van der Waals surface area contributed by atoms with Gasteiger partial charge in [0, 0.05) is 68.8 Å². The highest BCUT2D eigenvalue weighted by molar-refractivity contribution is 5.91. The maximum Gasteiger partial charge on any atom is 0.421 e. The van der Waals surface area contributed by atoms with E-state index in [0.29, 0.717) is 18.3 Å². The standard InChI is InChI=1S/C34H45FN6O3/c1-24(2)40-19-17-39(18-20-40)21-22-43-30-14-13-27(23-29(30)35)37-33-36-16-15-31(38-33)44-34(42)41(28-11-6-5-7-12-28)32-25(3)9-8-10-26(32)4/h8-10,13-16,23-24,28H,5-7,11-12,17-22H2,1-4H3,(H,36,37,38). The van der Waals surface area contributed by atoms with Crippen LogP contribution in [0.4, 0.5) is 26.5 Å². The summed E-state index contributed by atoms with van der Waals surface area (Å²) in [4.78, 5) is 28.9. The van der Waals surface area contributed by atoms with Crippen LogP contribution in [0.2, 0.25) is 0 Å². The van der Waals surface area contributed by atoms with Crippen LogP contribution in [0.1, 0.15) is 57.1 Å². The van der Waals surface area contributed by atoms with Gasteiger partial charge in [0.25, 0.3) is 0 Å². The molecule has 1 aromatic heterocycles. The van der Waals surface area contributed by atoms with Crippen LogP contribution in [-0.4, -0.2) is 77.3 Å². The molecule has 1 aliphatic heterocycles. The number of halogens is 1. The molecule has 1 aliphatic carbocycles. The number of anilines is 3. The number of hydrogen-bond donors (Lipinski definition) is 1. The molecule has 1 saturated carbocycles. The molecule has 2 aromatic carbocycles. The molecule has 9 nitrogen and oxygen atoms in total. The van der Waals surface area contributed by atoms with Gasteiger partial charge in [-0.1, -0.05) is 37.5 Å². The summed E-state index contributed by atoms with van der Waals surface area (Å²) < 4.78 is 26.5. The Morgan fingerprint density at radius 3 is 2.45 bits per heavy atom. The summed E-state index contributed by atoms with van der Waals surface area (Å²) >= 11 is 0. The van der Waals surface area contributed by atoms with E-state index < -0.39 is 11.9 Å². The molecule has 0 bridgehead atoms. The number of rotatable bonds is 10. The van der Waals surface area contributed by atoms with E-state index in [1.807, 2.05) is 32.0 Å². The number of aryl methyl sites for hydroxylation is 2. The van der Waals surface area contributed by atoms with Gasteiger partial charge in [-0.3, -0.25) is 14.7 Å². The number of para-hydroxylation sites is 1. The average Bonchev–Trinajstić information content (AvgIpc) is 3.01. The lowest BCUT2D eigenvalue weighted by Gasteiger charge is -2.36. The monoisotopic (exact) mass is 604 g/mol. The molecular weight excluding hydrogens is 559 g/mol. The van der Waals surface area contributed by atoms with Gasteiger partial charge in [0.2, 0.25) is 11.8 Å². The van der Waals surface area contributed by atoms with Crippen molar-refractivity contribution in [3.05, 3.63) is 65.6 Å². The lowest BCUT2D eigenvalue weighted by Crippen LogP contribution is -2.49. The third kappa shape index (κ3) is 8.04. The van der Waals surface area contributed by atoms with E-state index in [1.165, 1.54) is 18.7 Å². The van der Waals surface area contributed by atoms with Gasteiger partial charge in [-0.25, -0.2) is 14.2 Å². The van der Waals surface area contributed by atoms with E-state index in [1.54, 1.807) is 23.1 Å². The summed E-state index contributed by atoms with van der Waals surface area (Å²) in [5, 5.41) is 3.01. The molecule has 1 amide bonds. The van der Waals surface area contributed by atoms with Gasteiger partial charge >= 0.3 is 6.09 Å². The molecule has 10 heteroatoms. The number of nitrogens with one attached hydrogen (secondary N) is 1. The normalized spacial score (nSPS) is 16.6. The first-order chi connectivity index (χ1) is 21.3. The molecule has 0 spiro atoms. The fourth-order valence-electron chi connectivity index (χ4n) is 6.16. The van der Waals surface area contributed by atoms with Crippen LogP contribution in [0.3, 0.4) is 0 Å². The molecule has 0 unspecified atom stereocenters. The SMILES string of the molecule is Cc1cccc(C)c1N(C(=O)Oc1ccnc(Nc2ccc(OCCN3CCN(C(C)C)CC3)c(F)c2)n1)C1CCCCC1. The number of carbonyl (C=O) groups excluding carboxylic acids is 1. The summed E-state index contributed by atoms with van der Waals surface area (Å²) in [6.07, 6.45) is 6.25. The van der Waals surface area contributed by atoms with E-state index >= 15 is 0 Å². The van der Waals surface area contributed by atoms with Crippen molar-refractivity contribution in [1.29, 1.82) is 0 Å². The fraction of sp³-hybridized carbons (Fsp3) is 0.500. The van der Waals surface area contributed by atoms with Gasteiger partial charge in [0.1, 0.15) is 6.61 Å². The Labute approximate surface area is 260 Å². The molecule has 0 atom stereocenters. The van der Waals surface area contributed by atoms with E-state index in [0.717, 1.165) is 75.2 Å². The maximum atomic E-state index is 14.9. The molecule has 0 radical (unpaired) electrons. The lowest BCUT2D eigenvalue weighted by atomic mass is 9.93. The molecule has 2 aliphatic rings. The number of aromatic nitrogens is 2. The smallest absolute Gasteiger partial charge is 0.421 e. The minimum Gasteiger partial charge on any atom is -0.489 e. The molecule has 1 N–H and O–H groups in total. The molecule has 44 heavy (non-hydrogen) atoms. The Balaban J connectivity index is 1.19. The van der Waals surface area contributed by atoms with Crippen molar-refractivity contribution in [2.24, 2.45) is 0 Å². The zero-order valence-corrected chi connectivity index (χ0v) is 26.4. The summed E-state index contributed by atoms with van der Waals surface area (Å²) in [5.41, 5.74) is 3.40. The molecule has 236 valence electrons. The summed E-state index contributed by atoms with van der Waals surface area (Å²) in [7, 11) is 0. The van der Waals surface area contributed by atoms with Gasteiger partial charge in [-0.2, -0.15) is 4.98 Å². The first kappa shape index (κ1) is 31.7. The zero-order valence-electron chi connectivity index (χ0n) is 26.4. The van der Waals surface area contributed by atoms with Gasteiger partial charge < -0.3 is 14.8 Å². The summed E-state index contributed by atoms with van der Waals surface area (Å²) in [5.74, 6) is 0.0441. The lowest BCUT2D eigenvalue weighted by molar-refractivity contribution is 0.0965. The number of carbonyl (C=O) groups is 1. The second-order valence-electron chi connectivity index (χ2n) is 12.1. The molecule has 2 heterocycles. The molecule has 2 fully saturated rings. The minimum atomic E-state index is -0.473. The van der Waals surface area contributed by atoms with Crippen molar-refractivity contribution in [3.8, 4) is 11.6 Å². The van der Waals surface area contributed by atoms with Crippen molar-refractivity contribution in [2.45, 2.75) is 71.9 Å². The van der Waals surface area contributed by atoms with Crippen LogP contribution in [0, 0.1) is 19.7 Å². The highest BCUT2D eigenvalue weighted by Gasteiger charge is 2.31. The minimum absolute atomic E-state index is 0.0642. The van der Waals surface area contributed by atoms with Crippen molar-refractivity contribution in [3.63, 3.8) is 0 Å². The predicted octanol–water partition coefficient (Wildman–Crippen LogP) is 6.72. The van der Waals surface area contributed by atoms with E-state index in [2.05, 4.69) is 38.9 Å². The first-order valence-corrected chi connectivity index (χ1v) is 15.8. The average molecular weight is 605 g/mol. The summed E-state index contributed by atoms with van der Waals surface area (Å²) in [6.45, 7) is 13.7. The van der Waals surface area contributed by atoms with Crippen molar-refractivity contribution >= 4 is 23.4 Å². The van der Waals surface area contributed by atoms with Gasteiger partial charge in [-0.15, -0.1) is 0 Å². The fourth-order valence-corrected chi connectivity index (χ4v) is 6.16. The third-order valence-electron chi connectivity index (χ3n) is 8.63. The predicted molar refractivity (Wildman–Crippen MR) is 172 cm³/mol. The Kier molecular flexibility index (Phi) is 10.7. The van der Waals surface area contributed by atoms with Crippen LogP contribution in [-0.2, 0) is 0 Å². The van der Waals surface area contributed by atoms with Gasteiger partial charge in [0.05, 0.1) is 5.69 Å². The van der Waals surface area contributed by atoms with Crippen LogP contribution in [0.15, 0.2) is 48.7 Å². The van der Waals surface area contributed by atoms with Crippen LogP contribution in [0.25, 0.3) is 0 Å². The Hall–Kier alpha value is -3.76. The highest BCUT2D eigenvalue weighted by Crippen LogP contribution is 2.33. The number of benzene rings is 2. The number of piperazine rings is 1. The molecule has 5 rings (SSSR count). The Bertz CT molecular complexity index is 1390. The number of hydrogen-bond acceptors (Lipinski definition) is 8. The number of ether oxygens (including phenoxy) is 2. The molecule has 3 aromatic rings. The quantitative estimate of drug-likeness (QED) is 0.273. The van der Waals surface area contributed by atoms with Crippen LogP contribution in [0.5, 0.6) is 11.6 Å².